The average molecular weight is 249 g/mol. The van der Waals surface area contributed by atoms with Crippen LogP contribution in [-0.4, -0.2) is 61.0 Å². The second-order valence-corrected chi connectivity index (χ2v) is 4.38. The lowest BCUT2D eigenvalue weighted by molar-refractivity contribution is -0.122. The highest BCUT2D eigenvalue weighted by Crippen LogP contribution is 2.05. The number of carbonyl (C=O) groups is 1. The summed E-state index contributed by atoms with van der Waals surface area (Å²) in [5.41, 5.74) is 0. The Morgan fingerprint density at radius 3 is 2.56 bits per heavy atom. The van der Waals surface area contributed by atoms with Crippen molar-refractivity contribution >= 4 is 5.91 Å². The van der Waals surface area contributed by atoms with Crippen LogP contribution in [0.1, 0.15) is 13.3 Å². The number of amides is 1. The van der Waals surface area contributed by atoms with E-state index in [0.29, 0.717) is 19.5 Å². The lowest BCUT2D eigenvalue weighted by Gasteiger charge is -2.35. The first kappa shape index (κ1) is 14.4. The number of piperazine rings is 1. The molecule has 1 unspecified atom stereocenters. The van der Waals surface area contributed by atoms with Gasteiger partial charge in [0.1, 0.15) is 0 Å². The maximum absolute atomic E-state index is 11.5. The van der Waals surface area contributed by atoms with Gasteiger partial charge in [-0.2, -0.15) is 10.5 Å². The van der Waals surface area contributed by atoms with Gasteiger partial charge in [-0.15, -0.1) is 0 Å². The van der Waals surface area contributed by atoms with Gasteiger partial charge in [0.2, 0.25) is 5.91 Å². The quantitative estimate of drug-likeness (QED) is 0.667. The van der Waals surface area contributed by atoms with Gasteiger partial charge in [0, 0.05) is 32.7 Å². The molecule has 18 heavy (non-hydrogen) atoms. The van der Waals surface area contributed by atoms with Crippen molar-refractivity contribution in [1.82, 2.24) is 15.1 Å². The number of nitriles is 2. The van der Waals surface area contributed by atoms with Crippen molar-refractivity contribution in [3.63, 3.8) is 0 Å². The summed E-state index contributed by atoms with van der Waals surface area (Å²) in [6.07, 6.45) is 0.346. The van der Waals surface area contributed by atoms with Crippen molar-refractivity contribution in [3.05, 3.63) is 0 Å². The highest BCUT2D eigenvalue weighted by molar-refractivity contribution is 5.78. The van der Waals surface area contributed by atoms with Crippen molar-refractivity contribution in [2.45, 2.75) is 19.4 Å². The van der Waals surface area contributed by atoms with Crippen molar-refractivity contribution in [1.29, 1.82) is 10.5 Å². The molecule has 0 aromatic rings. The van der Waals surface area contributed by atoms with Crippen LogP contribution in [-0.2, 0) is 4.79 Å². The van der Waals surface area contributed by atoms with E-state index in [0.717, 1.165) is 26.2 Å². The van der Waals surface area contributed by atoms with Gasteiger partial charge in [0.15, 0.2) is 0 Å². The molecule has 1 saturated heterocycles. The van der Waals surface area contributed by atoms with E-state index in [1.54, 1.807) is 0 Å². The minimum Gasteiger partial charge on any atom is -0.354 e. The van der Waals surface area contributed by atoms with Crippen molar-refractivity contribution in [2.75, 3.05) is 39.3 Å². The Hall–Kier alpha value is -1.63. The maximum atomic E-state index is 11.5. The van der Waals surface area contributed by atoms with Gasteiger partial charge >= 0.3 is 0 Å². The fourth-order valence-electron chi connectivity index (χ4n) is 1.91. The first-order valence-corrected chi connectivity index (χ1v) is 6.17. The van der Waals surface area contributed by atoms with Crippen LogP contribution in [0.15, 0.2) is 0 Å². The van der Waals surface area contributed by atoms with Gasteiger partial charge in [-0.3, -0.25) is 14.6 Å². The second-order valence-electron chi connectivity index (χ2n) is 4.38. The molecule has 1 heterocycles. The summed E-state index contributed by atoms with van der Waals surface area (Å²) >= 11 is 0. The van der Waals surface area contributed by atoms with E-state index < -0.39 is 0 Å². The van der Waals surface area contributed by atoms with Gasteiger partial charge in [0.05, 0.1) is 31.1 Å². The van der Waals surface area contributed by atoms with E-state index in [4.69, 9.17) is 10.5 Å². The highest BCUT2D eigenvalue weighted by Gasteiger charge is 2.21. The first-order chi connectivity index (χ1) is 8.67. The standard InChI is InChI=1S/C12H19N5O/c1-11(9-14)17-7-5-16(6-8-17)10-12(18)15-4-2-3-13/h11H,2,4-8,10H2,1H3,(H,15,18). The van der Waals surface area contributed by atoms with Crippen molar-refractivity contribution < 1.29 is 4.79 Å². The number of rotatable bonds is 5. The molecule has 1 aliphatic rings. The molecule has 0 aliphatic carbocycles. The Morgan fingerprint density at radius 2 is 2.00 bits per heavy atom. The zero-order chi connectivity index (χ0) is 13.4. The Morgan fingerprint density at radius 1 is 1.33 bits per heavy atom. The minimum atomic E-state index is -0.0587. The third-order valence-electron chi connectivity index (χ3n) is 3.07. The van der Waals surface area contributed by atoms with Gasteiger partial charge in [-0.05, 0) is 6.92 Å². The number of nitrogens with zero attached hydrogens (tertiary/aromatic N) is 4. The zero-order valence-electron chi connectivity index (χ0n) is 10.7. The third kappa shape index (κ3) is 4.70. The summed E-state index contributed by atoms with van der Waals surface area (Å²) in [5.74, 6) is -0.0352. The third-order valence-corrected chi connectivity index (χ3v) is 3.07. The monoisotopic (exact) mass is 249 g/mol. The summed E-state index contributed by atoms with van der Waals surface area (Å²) in [4.78, 5) is 15.7. The number of carbonyl (C=O) groups excluding carboxylic acids is 1. The molecule has 98 valence electrons. The predicted molar refractivity (Wildman–Crippen MR) is 66.3 cm³/mol. The summed E-state index contributed by atoms with van der Waals surface area (Å²) in [6, 6.07) is 4.15. The van der Waals surface area contributed by atoms with E-state index in [2.05, 4.69) is 21.2 Å². The Balaban J connectivity index is 2.21. The van der Waals surface area contributed by atoms with Crippen LogP contribution in [0.25, 0.3) is 0 Å². The number of hydrogen-bond acceptors (Lipinski definition) is 5. The first-order valence-electron chi connectivity index (χ1n) is 6.17. The molecule has 0 aromatic carbocycles. The van der Waals surface area contributed by atoms with E-state index in [9.17, 15) is 4.79 Å². The number of nitrogens with one attached hydrogen (secondary N) is 1. The maximum Gasteiger partial charge on any atom is 0.234 e. The molecule has 1 atom stereocenters. The molecule has 6 nitrogen and oxygen atoms in total. The SMILES string of the molecule is CC(C#N)N1CCN(CC(=O)NCCC#N)CC1. The van der Waals surface area contributed by atoms with Crippen LogP contribution in [0.5, 0.6) is 0 Å². The summed E-state index contributed by atoms with van der Waals surface area (Å²) in [7, 11) is 0. The molecule has 1 fully saturated rings. The van der Waals surface area contributed by atoms with Crippen LogP contribution in [0.3, 0.4) is 0 Å². The van der Waals surface area contributed by atoms with Crippen LogP contribution >= 0.6 is 0 Å². The largest absolute Gasteiger partial charge is 0.354 e. The van der Waals surface area contributed by atoms with E-state index in [1.165, 1.54) is 0 Å². The van der Waals surface area contributed by atoms with Crippen LogP contribution < -0.4 is 5.32 Å². The molecule has 1 aliphatic heterocycles. The van der Waals surface area contributed by atoms with Crippen LogP contribution in [0.4, 0.5) is 0 Å². The van der Waals surface area contributed by atoms with E-state index >= 15 is 0 Å². The molecule has 0 radical (unpaired) electrons. The van der Waals surface area contributed by atoms with Crippen LogP contribution in [0.2, 0.25) is 0 Å². The second kappa shape index (κ2) is 7.65. The molecule has 6 heteroatoms. The minimum absolute atomic E-state index is 0.0352. The van der Waals surface area contributed by atoms with Gasteiger partial charge < -0.3 is 5.32 Å². The normalized spacial score (nSPS) is 18.6. The molecular formula is C12H19N5O. The average Bonchev–Trinajstić information content (AvgIpc) is 2.39. The molecule has 1 amide bonds. The smallest absolute Gasteiger partial charge is 0.234 e. The number of hydrogen-bond donors (Lipinski definition) is 1. The molecule has 0 saturated carbocycles. The molecule has 0 spiro atoms. The highest BCUT2D eigenvalue weighted by atomic mass is 16.2. The summed E-state index contributed by atoms with van der Waals surface area (Å²) < 4.78 is 0. The van der Waals surface area contributed by atoms with E-state index in [1.807, 2.05) is 13.0 Å². The summed E-state index contributed by atoms with van der Waals surface area (Å²) in [6.45, 7) is 5.93. The fraction of sp³-hybridized carbons (Fsp3) is 0.750. The van der Waals surface area contributed by atoms with Crippen molar-refractivity contribution in [2.24, 2.45) is 0 Å². The Bertz CT molecular complexity index is 348. The van der Waals surface area contributed by atoms with Crippen molar-refractivity contribution in [3.8, 4) is 12.1 Å². The molecule has 1 rings (SSSR count). The molecule has 0 bridgehead atoms. The Kier molecular flexibility index (Phi) is 6.13. The van der Waals surface area contributed by atoms with E-state index in [-0.39, 0.29) is 11.9 Å². The van der Waals surface area contributed by atoms with Crippen LogP contribution in [0, 0.1) is 22.7 Å². The van der Waals surface area contributed by atoms with Gasteiger partial charge in [-0.1, -0.05) is 0 Å². The molecule has 1 N–H and O–H groups in total. The topological polar surface area (TPSA) is 83.2 Å². The molecular weight excluding hydrogens is 230 g/mol. The molecule has 0 aromatic heterocycles. The summed E-state index contributed by atoms with van der Waals surface area (Å²) in [5, 5.41) is 19.9. The predicted octanol–water partition coefficient (Wildman–Crippen LogP) is -0.454. The van der Waals surface area contributed by atoms with Gasteiger partial charge in [0.25, 0.3) is 0 Å². The Labute approximate surface area is 108 Å². The lowest BCUT2D eigenvalue weighted by atomic mass is 10.2. The lowest BCUT2D eigenvalue weighted by Crippen LogP contribution is -2.51. The van der Waals surface area contributed by atoms with Gasteiger partial charge in [-0.25, -0.2) is 0 Å². The fourth-order valence-corrected chi connectivity index (χ4v) is 1.91. The zero-order valence-corrected chi connectivity index (χ0v) is 10.7.